The van der Waals surface area contributed by atoms with Crippen molar-refractivity contribution in [3.05, 3.63) is 46.8 Å². The first-order valence-corrected chi connectivity index (χ1v) is 10.4. The molecule has 0 saturated carbocycles. The van der Waals surface area contributed by atoms with Gasteiger partial charge >= 0.3 is 5.97 Å². The molecule has 1 amide bonds. The van der Waals surface area contributed by atoms with Crippen LogP contribution in [0.1, 0.15) is 45.4 Å². The van der Waals surface area contributed by atoms with Gasteiger partial charge in [0.2, 0.25) is 0 Å². The van der Waals surface area contributed by atoms with Crippen molar-refractivity contribution < 1.29 is 19.1 Å². The van der Waals surface area contributed by atoms with E-state index in [0.717, 1.165) is 45.0 Å². The second-order valence-corrected chi connectivity index (χ2v) is 7.29. The normalized spacial score (nSPS) is 14.5. The number of amides is 1. The molecule has 0 spiro atoms. The van der Waals surface area contributed by atoms with Crippen LogP contribution in [0.4, 0.5) is 0 Å². The Bertz CT molecular complexity index is 870. The maximum atomic E-state index is 12.4. The highest BCUT2D eigenvalue weighted by Gasteiger charge is 2.20. The lowest BCUT2D eigenvalue weighted by Gasteiger charge is -2.26. The van der Waals surface area contributed by atoms with E-state index in [9.17, 15) is 9.59 Å². The van der Waals surface area contributed by atoms with Crippen molar-refractivity contribution >= 4 is 11.9 Å². The smallest absolute Gasteiger partial charge is 0.341 e. The van der Waals surface area contributed by atoms with Gasteiger partial charge in [0.05, 0.1) is 36.9 Å². The average Bonchev–Trinajstić information content (AvgIpc) is 3.06. The summed E-state index contributed by atoms with van der Waals surface area (Å²) in [4.78, 5) is 26.9. The van der Waals surface area contributed by atoms with Gasteiger partial charge in [0, 0.05) is 25.2 Å². The molecule has 0 atom stereocenters. The van der Waals surface area contributed by atoms with E-state index < -0.39 is 0 Å². The Kier molecular flexibility index (Phi) is 7.59. The predicted octanol–water partition coefficient (Wildman–Crippen LogP) is 2.12. The average molecular weight is 415 g/mol. The zero-order valence-corrected chi connectivity index (χ0v) is 17.9. The molecule has 1 fully saturated rings. The Morgan fingerprint density at radius 3 is 2.53 bits per heavy atom. The molecule has 3 rings (SSSR count). The van der Waals surface area contributed by atoms with E-state index in [-0.39, 0.29) is 11.9 Å². The number of aromatic nitrogens is 2. The monoisotopic (exact) mass is 414 g/mol. The summed E-state index contributed by atoms with van der Waals surface area (Å²) in [5, 5.41) is 7.44. The molecule has 1 N–H and O–H groups in total. The number of esters is 1. The largest absolute Gasteiger partial charge is 0.462 e. The van der Waals surface area contributed by atoms with Gasteiger partial charge in [-0.15, -0.1) is 0 Å². The lowest BCUT2D eigenvalue weighted by atomic mass is 10.1. The Balaban J connectivity index is 1.57. The highest BCUT2D eigenvalue weighted by atomic mass is 16.5. The summed E-state index contributed by atoms with van der Waals surface area (Å²) >= 11 is 0. The van der Waals surface area contributed by atoms with Crippen LogP contribution in [0.5, 0.6) is 0 Å². The second-order valence-electron chi connectivity index (χ2n) is 7.29. The Labute approximate surface area is 177 Å². The lowest BCUT2D eigenvalue weighted by molar-refractivity contribution is 0.0374. The van der Waals surface area contributed by atoms with E-state index in [1.54, 1.807) is 30.7 Å². The van der Waals surface area contributed by atoms with Crippen LogP contribution in [-0.2, 0) is 9.47 Å². The minimum atomic E-state index is -0.369. The molecule has 0 aliphatic carbocycles. The van der Waals surface area contributed by atoms with Crippen LogP contribution >= 0.6 is 0 Å². The van der Waals surface area contributed by atoms with Crippen molar-refractivity contribution in [2.24, 2.45) is 0 Å². The van der Waals surface area contributed by atoms with Crippen LogP contribution in [0.15, 0.2) is 24.3 Å². The van der Waals surface area contributed by atoms with Crippen LogP contribution in [-0.4, -0.2) is 72.6 Å². The summed E-state index contributed by atoms with van der Waals surface area (Å²) < 4.78 is 12.2. The number of ether oxygens (including phenoxy) is 2. The fourth-order valence-electron chi connectivity index (χ4n) is 3.58. The van der Waals surface area contributed by atoms with Gasteiger partial charge in [-0.05, 0) is 58.0 Å². The van der Waals surface area contributed by atoms with Crippen LogP contribution < -0.4 is 5.32 Å². The molecular weight excluding hydrogens is 384 g/mol. The van der Waals surface area contributed by atoms with Gasteiger partial charge in [-0.2, -0.15) is 5.10 Å². The van der Waals surface area contributed by atoms with Crippen molar-refractivity contribution in [1.29, 1.82) is 0 Å². The summed E-state index contributed by atoms with van der Waals surface area (Å²) in [6.45, 7) is 10.8. The fraction of sp³-hybridized carbons (Fsp3) is 0.500. The molecule has 2 heterocycles. The molecular formula is C22H30N4O4. The van der Waals surface area contributed by atoms with E-state index in [4.69, 9.17) is 9.47 Å². The van der Waals surface area contributed by atoms with E-state index in [2.05, 4.69) is 15.3 Å². The van der Waals surface area contributed by atoms with Crippen molar-refractivity contribution in [1.82, 2.24) is 20.0 Å². The molecule has 1 aromatic heterocycles. The molecule has 1 saturated heterocycles. The quantitative estimate of drug-likeness (QED) is 0.526. The standard InChI is InChI=1S/C22H30N4O4/c1-4-30-22(28)20-16(2)24-26(17(20)3)19-8-6-18(7-9-19)21(27)23-10-5-11-25-12-14-29-15-13-25/h6-9H,4-5,10-15H2,1-3H3,(H,23,27). The third kappa shape index (κ3) is 5.25. The molecule has 0 unspecified atom stereocenters. The second kappa shape index (κ2) is 10.4. The van der Waals surface area contributed by atoms with Gasteiger partial charge in [0.1, 0.15) is 5.56 Å². The summed E-state index contributed by atoms with van der Waals surface area (Å²) in [5.74, 6) is -0.462. The minimum absolute atomic E-state index is 0.0934. The lowest BCUT2D eigenvalue weighted by Crippen LogP contribution is -2.38. The molecule has 1 aliphatic heterocycles. The van der Waals surface area contributed by atoms with Crippen molar-refractivity contribution in [3.8, 4) is 5.69 Å². The first-order valence-electron chi connectivity index (χ1n) is 10.4. The predicted molar refractivity (Wildman–Crippen MR) is 113 cm³/mol. The topological polar surface area (TPSA) is 85.7 Å². The molecule has 8 heteroatoms. The number of hydrogen-bond acceptors (Lipinski definition) is 6. The number of rotatable bonds is 8. The molecule has 30 heavy (non-hydrogen) atoms. The SMILES string of the molecule is CCOC(=O)c1c(C)nn(-c2ccc(C(=O)NCCCN3CCOCC3)cc2)c1C. The molecule has 0 bridgehead atoms. The van der Waals surface area contributed by atoms with E-state index in [1.807, 2.05) is 19.1 Å². The molecule has 1 aliphatic rings. The van der Waals surface area contributed by atoms with Crippen LogP contribution in [0.25, 0.3) is 5.69 Å². The Morgan fingerprint density at radius 1 is 1.17 bits per heavy atom. The van der Waals surface area contributed by atoms with Crippen molar-refractivity contribution in [2.45, 2.75) is 27.2 Å². The first kappa shape index (κ1) is 22.0. The highest BCUT2D eigenvalue weighted by molar-refractivity contribution is 5.94. The number of nitrogens with zero attached hydrogens (tertiary/aromatic N) is 3. The summed E-state index contributed by atoms with van der Waals surface area (Å²) in [6, 6.07) is 7.20. The van der Waals surface area contributed by atoms with E-state index in [0.29, 0.717) is 35.7 Å². The van der Waals surface area contributed by atoms with Crippen molar-refractivity contribution in [2.75, 3.05) is 46.0 Å². The number of carbonyl (C=O) groups excluding carboxylic acids is 2. The molecule has 2 aromatic rings. The van der Waals surface area contributed by atoms with Gasteiger partial charge in [-0.25, -0.2) is 9.48 Å². The number of morpholine rings is 1. The van der Waals surface area contributed by atoms with Gasteiger partial charge in [0.25, 0.3) is 5.91 Å². The number of nitrogens with one attached hydrogen (secondary N) is 1. The molecule has 162 valence electrons. The maximum Gasteiger partial charge on any atom is 0.341 e. The first-order chi connectivity index (χ1) is 14.5. The third-order valence-corrected chi connectivity index (χ3v) is 5.19. The fourth-order valence-corrected chi connectivity index (χ4v) is 3.58. The van der Waals surface area contributed by atoms with Crippen LogP contribution in [0.3, 0.4) is 0 Å². The summed E-state index contributed by atoms with van der Waals surface area (Å²) in [6.07, 6.45) is 0.909. The Hall–Kier alpha value is -2.71. The number of benzene rings is 1. The molecule has 8 nitrogen and oxygen atoms in total. The molecule has 1 aromatic carbocycles. The number of aryl methyl sites for hydroxylation is 1. The zero-order valence-electron chi connectivity index (χ0n) is 17.9. The maximum absolute atomic E-state index is 12.4. The molecule has 0 radical (unpaired) electrons. The minimum Gasteiger partial charge on any atom is -0.462 e. The summed E-state index contributed by atoms with van der Waals surface area (Å²) in [5.41, 5.74) is 3.20. The summed E-state index contributed by atoms with van der Waals surface area (Å²) in [7, 11) is 0. The van der Waals surface area contributed by atoms with Crippen molar-refractivity contribution in [3.63, 3.8) is 0 Å². The van der Waals surface area contributed by atoms with E-state index >= 15 is 0 Å². The highest BCUT2D eigenvalue weighted by Crippen LogP contribution is 2.19. The van der Waals surface area contributed by atoms with Crippen LogP contribution in [0, 0.1) is 13.8 Å². The number of hydrogen-bond donors (Lipinski definition) is 1. The van der Waals surface area contributed by atoms with E-state index in [1.165, 1.54) is 0 Å². The van der Waals surface area contributed by atoms with Crippen LogP contribution in [0.2, 0.25) is 0 Å². The Morgan fingerprint density at radius 2 is 1.87 bits per heavy atom. The van der Waals surface area contributed by atoms with Gasteiger partial charge in [-0.1, -0.05) is 0 Å². The van der Waals surface area contributed by atoms with Gasteiger partial charge in [0.15, 0.2) is 0 Å². The zero-order chi connectivity index (χ0) is 21.5. The number of carbonyl (C=O) groups is 2. The van der Waals surface area contributed by atoms with Gasteiger partial charge in [-0.3, -0.25) is 9.69 Å². The van der Waals surface area contributed by atoms with Gasteiger partial charge < -0.3 is 14.8 Å². The third-order valence-electron chi connectivity index (χ3n) is 5.19.